The van der Waals surface area contributed by atoms with Gasteiger partial charge in [-0.15, -0.1) is 0 Å². The van der Waals surface area contributed by atoms with Gasteiger partial charge in [0.25, 0.3) is 0 Å². The third-order valence-electron chi connectivity index (χ3n) is 4.83. The molecule has 2 saturated heterocycles. The molecule has 6 heteroatoms. The maximum atomic E-state index is 12.5. The molecule has 2 aliphatic heterocycles. The van der Waals surface area contributed by atoms with Crippen molar-refractivity contribution in [3.8, 4) is 0 Å². The molecule has 0 aromatic heterocycles. The van der Waals surface area contributed by atoms with Gasteiger partial charge in [0.1, 0.15) is 0 Å². The summed E-state index contributed by atoms with van der Waals surface area (Å²) < 4.78 is 0. The SMILES string of the molecule is CC(C)CNC(=O)N1CCCC(C(=O)NC2CCCNC2C)C1. The number of urea groups is 1. The van der Waals surface area contributed by atoms with E-state index in [0.717, 1.165) is 38.8 Å². The Kier molecular flexibility index (Phi) is 6.69. The minimum Gasteiger partial charge on any atom is -0.352 e. The fourth-order valence-electron chi connectivity index (χ4n) is 3.32. The van der Waals surface area contributed by atoms with Crippen LogP contribution < -0.4 is 16.0 Å². The quantitative estimate of drug-likeness (QED) is 0.730. The minimum absolute atomic E-state index is 0.0381. The van der Waals surface area contributed by atoms with E-state index in [2.05, 4.69) is 36.7 Å². The summed E-state index contributed by atoms with van der Waals surface area (Å²) in [4.78, 5) is 26.5. The summed E-state index contributed by atoms with van der Waals surface area (Å²) in [5.41, 5.74) is 0. The van der Waals surface area contributed by atoms with Crippen molar-refractivity contribution in [3.63, 3.8) is 0 Å². The van der Waals surface area contributed by atoms with Gasteiger partial charge in [-0.3, -0.25) is 4.79 Å². The van der Waals surface area contributed by atoms with Gasteiger partial charge in [0.05, 0.1) is 5.92 Å². The standard InChI is InChI=1S/C17H32N4O2/c1-12(2)10-19-17(23)21-9-5-6-14(11-21)16(22)20-15-7-4-8-18-13(15)3/h12-15,18H,4-11H2,1-3H3,(H,19,23)(H,20,22). The molecule has 2 heterocycles. The fraction of sp³-hybridized carbons (Fsp3) is 0.882. The lowest BCUT2D eigenvalue weighted by atomic mass is 9.94. The molecule has 23 heavy (non-hydrogen) atoms. The van der Waals surface area contributed by atoms with Gasteiger partial charge in [0.15, 0.2) is 0 Å². The van der Waals surface area contributed by atoms with Gasteiger partial charge in [-0.05, 0) is 45.1 Å². The van der Waals surface area contributed by atoms with Crippen molar-refractivity contribution in [1.82, 2.24) is 20.9 Å². The van der Waals surface area contributed by atoms with Crippen LogP contribution in [0.2, 0.25) is 0 Å². The third kappa shape index (κ3) is 5.37. The molecule has 132 valence electrons. The van der Waals surface area contributed by atoms with E-state index < -0.39 is 0 Å². The zero-order chi connectivity index (χ0) is 16.8. The average Bonchev–Trinajstić information content (AvgIpc) is 2.54. The van der Waals surface area contributed by atoms with Gasteiger partial charge >= 0.3 is 6.03 Å². The summed E-state index contributed by atoms with van der Waals surface area (Å²) in [6, 6.07) is 0.493. The highest BCUT2D eigenvalue weighted by atomic mass is 16.2. The molecular formula is C17H32N4O2. The molecule has 6 nitrogen and oxygen atoms in total. The smallest absolute Gasteiger partial charge is 0.317 e. The second kappa shape index (κ2) is 8.52. The molecule has 3 atom stereocenters. The molecule has 3 N–H and O–H groups in total. The number of rotatable bonds is 4. The summed E-state index contributed by atoms with van der Waals surface area (Å²) in [6.45, 7) is 9.26. The lowest BCUT2D eigenvalue weighted by Crippen LogP contribution is -2.55. The summed E-state index contributed by atoms with van der Waals surface area (Å²) >= 11 is 0. The monoisotopic (exact) mass is 324 g/mol. The summed E-state index contributed by atoms with van der Waals surface area (Å²) in [5.74, 6) is 0.456. The number of amides is 3. The number of carbonyl (C=O) groups is 2. The largest absolute Gasteiger partial charge is 0.352 e. The van der Waals surface area contributed by atoms with E-state index >= 15 is 0 Å². The highest BCUT2D eigenvalue weighted by molar-refractivity contribution is 5.81. The molecule has 2 rings (SSSR count). The van der Waals surface area contributed by atoms with Crippen LogP contribution in [0.4, 0.5) is 4.79 Å². The van der Waals surface area contributed by atoms with Crippen LogP contribution in [0.25, 0.3) is 0 Å². The molecule has 0 spiro atoms. The first-order valence-electron chi connectivity index (χ1n) is 9.04. The highest BCUT2D eigenvalue weighted by Crippen LogP contribution is 2.18. The Bertz CT molecular complexity index is 413. The maximum absolute atomic E-state index is 12.5. The number of piperidine rings is 2. The van der Waals surface area contributed by atoms with Crippen molar-refractivity contribution in [2.75, 3.05) is 26.2 Å². The molecule has 0 aromatic carbocycles. The third-order valence-corrected chi connectivity index (χ3v) is 4.83. The molecule has 0 radical (unpaired) electrons. The zero-order valence-electron chi connectivity index (χ0n) is 14.7. The van der Waals surface area contributed by atoms with Crippen LogP contribution in [0.1, 0.15) is 46.5 Å². The second-order valence-corrected chi connectivity index (χ2v) is 7.37. The molecule has 3 amide bonds. The van der Waals surface area contributed by atoms with Crippen LogP contribution in [0.3, 0.4) is 0 Å². The van der Waals surface area contributed by atoms with E-state index in [-0.39, 0.29) is 23.9 Å². The van der Waals surface area contributed by atoms with Crippen molar-refractivity contribution in [2.24, 2.45) is 11.8 Å². The zero-order valence-corrected chi connectivity index (χ0v) is 14.7. The molecule has 3 unspecified atom stereocenters. The number of carbonyl (C=O) groups excluding carboxylic acids is 2. The fourth-order valence-corrected chi connectivity index (χ4v) is 3.32. The topological polar surface area (TPSA) is 73.5 Å². The number of hydrogen-bond donors (Lipinski definition) is 3. The lowest BCUT2D eigenvalue weighted by molar-refractivity contribution is -0.127. The van der Waals surface area contributed by atoms with Crippen LogP contribution in [0, 0.1) is 11.8 Å². The van der Waals surface area contributed by atoms with Crippen molar-refractivity contribution < 1.29 is 9.59 Å². The molecule has 0 aliphatic carbocycles. The molecule has 0 saturated carbocycles. The van der Waals surface area contributed by atoms with E-state index in [4.69, 9.17) is 0 Å². The van der Waals surface area contributed by atoms with Crippen molar-refractivity contribution in [3.05, 3.63) is 0 Å². The highest BCUT2D eigenvalue weighted by Gasteiger charge is 2.31. The van der Waals surface area contributed by atoms with E-state index in [9.17, 15) is 9.59 Å². The Balaban J connectivity index is 1.82. The second-order valence-electron chi connectivity index (χ2n) is 7.37. The Hall–Kier alpha value is -1.30. The summed E-state index contributed by atoms with van der Waals surface area (Å²) in [6.07, 6.45) is 3.90. The first-order chi connectivity index (χ1) is 11.0. The molecule has 0 aromatic rings. The maximum Gasteiger partial charge on any atom is 0.317 e. The predicted octanol–water partition coefficient (Wildman–Crippen LogP) is 1.32. The summed E-state index contributed by atoms with van der Waals surface area (Å²) in [5, 5.41) is 9.54. The number of nitrogens with zero attached hydrogens (tertiary/aromatic N) is 1. The Morgan fingerprint density at radius 3 is 2.74 bits per heavy atom. The number of likely N-dealkylation sites (tertiary alicyclic amines) is 1. The van der Waals surface area contributed by atoms with Gasteiger partial charge in [0, 0.05) is 31.7 Å². The van der Waals surface area contributed by atoms with Crippen LogP contribution in [0.15, 0.2) is 0 Å². The van der Waals surface area contributed by atoms with Crippen LogP contribution in [-0.4, -0.2) is 55.1 Å². The van der Waals surface area contributed by atoms with Gasteiger partial charge < -0.3 is 20.9 Å². The normalized spacial score (nSPS) is 28.5. The van der Waals surface area contributed by atoms with E-state index in [1.807, 2.05) is 0 Å². The first kappa shape index (κ1) is 18.0. The van der Waals surface area contributed by atoms with E-state index in [1.165, 1.54) is 0 Å². The lowest BCUT2D eigenvalue weighted by Gasteiger charge is -2.35. The number of nitrogens with one attached hydrogen (secondary N) is 3. The van der Waals surface area contributed by atoms with Crippen LogP contribution in [0.5, 0.6) is 0 Å². The molecule has 0 bridgehead atoms. The predicted molar refractivity (Wildman–Crippen MR) is 91.2 cm³/mol. The molecule has 2 aliphatic rings. The number of hydrogen-bond acceptors (Lipinski definition) is 3. The van der Waals surface area contributed by atoms with Crippen molar-refractivity contribution in [1.29, 1.82) is 0 Å². The van der Waals surface area contributed by atoms with Gasteiger partial charge in [0.2, 0.25) is 5.91 Å². The van der Waals surface area contributed by atoms with Gasteiger partial charge in [-0.1, -0.05) is 13.8 Å². The van der Waals surface area contributed by atoms with Gasteiger partial charge in [-0.25, -0.2) is 4.79 Å². The molecular weight excluding hydrogens is 292 g/mol. The Labute approximate surface area is 139 Å². The van der Waals surface area contributed by atoms with Crippen molar-refractivity contribution in [2.45, 2.75) is 58.5 Å². The van der Waals surface area contributed by atoms with E-state index in [1.54, 1.807) is 4.90 Å². The minimum atomic E-state index is -0.0809. The Morgan fingerprint density at radius 1 is 1.26 bits per heavy atom. The van der Waals surface area contributed by atoms with Crippen LogP contribution >= 0.6 is 0 Å². The average molecular weight is 324 g/mol. The van der Waals surface area contributed by atoms with E-state index in [0.29, 0.717) is 25.0 Å². The molecule has 2 fully saturated rings. The first-order valence-corrected chi connectivity index (χ1v) is 9.04. The van der Waals surface area contributed by atoms with Crippen molar-refractivity contribution >= 4 is 11.9 Å². The summed E-state index contributed by atoms with van der Waals surface area (Å²) in [7, 11) is 0. The van der Waals surface area contributed by atoms with Crippen LogP contribution in [-0.2, 0) is 4.79 Å². The van der Waals surface area contributed by atoms with Gasteiger partial charge in [-0.2, -0.15) is 0 Å². The Morgan fingerprint density at radius 2 is 2.04 bits per heavy atom.